The standard InChI is InChI=1S/C67H46BN3O/c1-45-31-32-51(48-23-11-4-12-24-48)42-62(45)70-61-40-35-50(47-21-9-3-10-22-47)41-60(61)68-65-58(44-59-57-29-17-18-30-64(57)72-67(59)66(65)70)56-39-38-55(69(52-25-13-5-14-26-52)53-27-15-6-16-28-53)43-63(56)71(68)54-36-33-49(34-37-54)46-19-7-2-8-20-46/h2-44H,1H3. The second kappa shape index (κ2) is 17.0. The number of furan rings is 1. The van der Waals surface area contributed by atoms with Crippen LogP contribution >= 0.6 is 0 Å². The molecule has 0 N–H and O–H groups in total. The van der Waals surface area contributed by atoms with Gasteiger partial charge in [-0.1, -0.05) is 188 Å². The van der Waals surface area contributed by atoms with Gasteiger partial charge in [0.25, 0.3) is 0 Å². The maximum Gasteiger partial charge on any atom is 0.333 e. The predicted octanol–water partition coefficient (Wildman–Crippen LogP) is 17.1. The minimum atomic E-state index is -0.271. The smallest absolute Gasteiger partial charge is 0.333 e. The monoisotopic (exact) mass is 919 g/mol. The Bertz CT molecular complexity index is 3950. The summed E-state index contributed by atoms with van der Waals surface area (Å²) in [7, 11) is 0. The summed E-state index contributed by atoms with van der Waals surface area (Å²) in [6.07, 6.45) is 0. The number of hydrogen-bond acceptors (Lipinski definition) is 4. The zero-order valence-electron chi connectivity index (χ0n) is 39.7. The van der Waals surface area contributed by atoms with Gasteiger partial charge in [-0.25, -0.2) is 0 Å². The fraction of sp³-hybridized carbons (Fsp3) is 0.0149. The molecule has 5 heteroatoms. The van der Waals surface area contributed by atoms with Gasteiger partial charge < -0.3 is 19.0 Å². The highest BCUT2D eigenvalue weighted by Crippen LogP contribution is 2.53. The van der Waals surface area contributed by atoms with Crippen molar-refractivity contribution in [2.24, 2.45) is 0 Å². The number of para-hydroxylation sites is 3. The molecule has 2 aliphatic rings. The first-order valence-corrected chi connectivity index (χ1v) is 24.8. The molecule has 0 atom stereocenters. The molecule has 11 aromatic carbocycles. The quantitative estimate of drug-likeness (QED) is 0.142. The summed E-state index contributed by atoms with van der Waals surface area (Å²) in [6.45, 7) is 1.97. The van der Waals surface area contributed by atoms with Crippen molar-refractivity contribution >= 4 is 85.2 Å². The lowest BCUT2D eigenvalue weighted by atomic mass is 9.43. The predicted molar refractivity (Wildman–Crippen MR) is 303 cm³/mol. The third-order valence-corrected chi connectivity index (χ3v) is 14.7. The molecule has 0 spiro atoms. The third-order valence-electron chi connectivity index (χ3n) is 14.7. The van der Waals surface area contributed by atoms with Gasteiger partial charge in [0.1, 0.15) is 5.58 Å². The van der Waals surface area contributed by atoms with E-state index in [9.17, 15) is 0 Å². The summed E-state index contributed by atoms with van der Waals surface area (Å²) in [5.41, 5.74) is 23.5. The van der Waals surface area contributed by atoms with Crippen molar-refractivity contribution < 1.29 is 4.42 Å². The minimum absolute atomic E-state index is 0.271. The molecule has 3 heterocycles. The maximum atomic E-state index is 7.21. The average Bonchev–Trinajstić information content (AvgIpc) is 3.83. The van der Waals surface area contributed by atoms with Crippen LogP contribution in [0, 0.1) is 6.92 Å². The largest absolute Gasteiger partial charge is 0.454 e. The van der Waals surface area contributed by atoms with Crippen molar-refractivity contribution in [1.29, 1.82) is 0 Å². The van der Waals surface area contributed by atoms with E-state index in [0.717, 1.165) is 84.1 Å². The van der Waals surface area contributed by atoms with E-state index in [0.29, 0.717) is 0 Å². The summed E-state index contributed by atoms with van der Waals surface area (Å²) >= 11 is 0. The normalized spacial score (nSPS) is 12.4. The molecule has 2 aliphatic heterocycles. The van der Waals surface area contributed by atoms with E-state index in [1.165, 1.54) is 44.3 Å². The molecule has 0 aliphatic carbocycles. The molecular weight excluding hydrogens is 874 g/mol. The fourth-order valence-electron chi connectivity index (χ4n) is 11.4. The van der Waals surface area contributed by atoms with Gasteiger partial charge in [0, 0.05) is 56.1 Å². The van der Waals surface area contributed by atoms with Crippen LogP contribution < -0.4 is 25.5 Å². The molecule has 0 bridgehead atoms. The van der Waals surface area contributed by atoms with Crippen LogP contribution in [0.1, 0.15) is 5.56 Å². The molecule has 14 rings (SSSR count). The van der Waals surface area contributed by atoms with Gasteiger partial charge in [-0.15, -0.1) is 0 Å². The van der Waals surface area contributed by atoms with E-state index < -0.39 is 0 Å². The first-order chi connectivity index (χ1) is 35.6. The Balaban J connectivity index is 1.11. The lowest BCUT2D eigenvalue weighted by molar-refractivity contribution is 0.669. The molecule has 0 saturated heterocycles. The van der Waals surface area contributed by atoms with Crippen molar-refractivity contribution in [2.75, 3.05) is 14.6 Å². The Kier molecular flexibility index (Phi) is 9.82. The summed E-state index contributed by atoms with van der Waals surface area (Å²) < 4.78 is 7.21. The van der Waals surface area contributed by atoms with Gasteiger partial charge >= 0.3 is 6.85 Å². The summed E-state index contributed by atoms with van der Waals surface area (Å²) in [5, 5.41) is 2.19. The number of nitrogens with zero attached hydrogens (tertiary/aromatic N) is 3. The molecule has 1 aromatic heterocycles. The van der Waals surface area contributed by atoms with Crippen LogP contribution in [0.4, 0.5) is 45.5 Å². The number of aryl methyl sites for hydroxylation is 1. The minimum Gasteiger partial charge on any atom is -0.454 e. The Morgan fingerprint density at radius 2 is 0.931 bits per heavy atom. The number of benzene rings is 11. The molecule has 4 nitrogen and oxygen atoms in total. The lowest BCUT2D eigenvalue weighted by Crippen LogP contribution is -2.61. The molecule has 0 radical (unpaired) electrons. The third kappa shape index (κ3) is 6.77. The summed E-state index contributed by atoms with van der Waals surface area (Å²) in [4.78, 5) is 7.51. The van der Waals surface area contributed by atoms with Gasteiger partial charge in [0.15, 0.2) is 5.58 Å². The van der Waals surface area contributed by atoms with Crippen molar-refractivity contribution in [3.8, 4) is 44.5 Å². The van der Waals surface area contributed by atoms with Crippen LogP contribution in [0.2, 0.25) is 0 Å². The molecular formula is C67H46BN3O. The maximum absolute atomic E-state index is 7.21. The van der Waals surface area contributed by atoms with Crippen LogP contribution in [-0.2, 0) is 0 Å². The van der Waals surface area contributed by atoms with Gasteiger partial charge in [0.05, 0.1) is 5.69 Å². The number of anilines is 8. The van der Waals surface area contributed by atoms with E-state index in [1.54, 1.807) is 0 Å². The molecule has 12 aromatic rings. The summed E-state index contributed by atoms with van der Waals surface area (Å²) in [6, 6.07) is 94.8. The van der Waals surface area contributed by atoms with Crippen LogP contribution in [0.15, 0.2) is 265 Å². The van der Waals surface area contributed by atoms with Crippen LogP contribution in [0.3, 0.4) is 0 Å². The topological polar surface area (TPSA) is 22.9 Å². The van der Waals surface area contributed by atoms with E-state index in [4.69, 9.17) is 4.42 Å². The Morgan fingerprint density at radius 3 is 1.58 bits per heavy atom. The molecule has 0 saturated carbocycles. The van der Waals surface area contributed by atoms with E-state index in [2.05, 4.69) is 282 Å². The van der Waals surface area contributed by atoms with Gasteiger partial charge in [-0.3, -0.25) is 0 Å². The second-order valence-corrected chi connectivity index (χ2v) is 18.9. The molecule has 72 heavy (non-hydrogen) atoms. The van der Waals surface area contributed by atoms with Gasteiger partial charge in [-0.05, 0) is 135 Å². The van der Waals surface area contributed by atoms with E-state index in [1.807, 2.05) is 0 Å². The van der Waals surface area contributed by atoms with Crippen molar-refractivity contribution in [1.82, 2.24) is 0 Å². The molecule has 0 unspecified atom stereocenters. The highest BCUT2D eigenvalue weighted by Gasteiger charge is 2.47. The summed E-state index contributed by atoms with van der Waals surface area (Å²) in [5.74, 6) is 0. The van der Waals surface area contributed by atoms with E-state index >= 15 is 0 Å². The Hall–Kier alpha value is -9.32. The van der Waals surface area contributed by atoms with Gasteiger partial charge in [0.2, 0.25) is 0 Å². The van der Waals surface area contributed by atoms with Crippen LogP contribution in [0.25, 0.3) is 66.4 Å². The average molecular weight is 920 g/mol. The zero-order valence-corrected chi connectivity index (χ0v) is 39.7. The second-order valence-electron chi connectivity index (χ2n) is 18.9. The highest BCUT2D eigenvalue weighted by molar-refractivity contribution is 6.94. The Labute approximate surface area is 420 Å². The molecule has 0 fully saturated rings. The van der Waals surface area contributed by atoms with Crippen molar-refractivity contribution in [2.45, 2.75) is 6.92 Å². The van der Waals surface area contributed by atoms with Crippen LogP contribution in [-0.4, -0.2) is 6.85 Å². The highest BCUT2D eigenvalue weighted by atomic mass is 16.3. The molecule has 0 amide bonds. The first kappa shape index (κ1) is 41.6. The number of rotatable bonds is 8. The van der Waals surface area contributed by atoms with Crippen molar-refractivity contribution in [3.05, 3.63) is 266 Å². The SMILES string of the molecule is Cc1ccc(-c2ccccc2)cc1N1c2ccc(-c3ccccc3)cc2B2c3c(cc4c(oc5ccccc54)c31)-c1ccc(N(c3ccccc3)c3ccccc3)cc1N2c1ccc(-c2ccccc2)cc1. The molecule has 338 valence electrons. The van der Waals surface area contributed by atoms with Crippen molar-refractivity contribution in [3.63, 3.8) is 0 Å². The van der Waals surface area contributed by atoms with Gasteiger partial charge in [-0.2, -0.15) is 0 Å². The Morgan fingerprint density at radius 1 is 0.389 bits per heavy atom. The van der Waals surface area contributed by atoms with Crippen LogP contribution in [0.5, 0.6) is 0 Å². The zero-order chi connectivity index (χ0) is 47.7. The fourth-order valence-corrected chi connectivity index (χ4v) is 11.4. The van der Waals surface area contributed by atoms with E-state index in [-0.39, 0.29) is 6.85 Å². The number of fused-ring (bicyclic) bond motifs is 8. The first-order valence-electron chi connectivity index (χ1n) is 24.8. The number of hydrogen-bond donors (Lipinski definition) is 0. The lowest BCUT2D eigenvalue weighted by Gasteiger charge is -2.46.